The van der Waals surface area contributed by atoms with Gasteiger partial charge in [0.25, 0.3) is 5.91 Å². The van der Waals surface area contributed by atoms with Gasteiger partial charge in [-0.2, -0.15) is 14.0 Å². The van der Waals surface area contributed by atoms with Crippen LogP contribution in [0.15, 0.2) is 66.9 Å². The van der Waals surface area contributed by atoms with Crippen molar-refractivity contribution in [1.29, 1.82) is 5.26 Å². The van der Waals surface area contributed by atoms with E-state index in [2.05, 4.69) is 15.0 Å². The van der Waals surface area contributed by atoms with Gasteiger partial charge in [0, 0.05) is 23.4 Å². The van der Waals surface area contributed by atoms with Crippen molar-refractivity contribution in [3.63, 3.8) is 0 Å². The number of ether oxygens (including phenoxy) is 1. The maximum absolute atomic E-state index is 12.8. The Balaban J connectivity index is 1.50. The summed E-state index contributed by atoms with van der Waals surface area (Å²) in [6.45, 7) is -2.91. The Kier molecular flexibility index (Phi) is 5.63. The summed E-state index contributed by atoms with van der Waals surface area (Å²) in [6.07, 6.45) is 4.19. The molecule has 0 saturated heterocycles. The number of pyridine rings is 1. The molecule has 31 heavy (non-hydrogen) atoms. The molecule has 1 amide bonds. The number of rotatable bonds is 6. The van der Waals surface area contributed by atoms with Crippen LogP contribution in [0.25, 0.3) is 11.1 Å². The van der Waals surface area contributed by atoms with Crippen LogP contribution in [0.1, 0.15) is 40.7 Å². The summed E-state index contributed by atoms with van der Waals surface area (Å²) in [5.41, 5.74) is 3.27. The molecule has 0 atom stereocenters. The normalized spacial score (nSPS) is 14.4. The second kappa shape index (κ2) is 8.52. The van der Waals surface area contributed by atoms with Crippen molar-refractivity contribution in [1.82, 2.24) is 10.3 Å². The summed E-state index contributed by atoms with van der Waals surface area (Å²) in [7, 11) is 0. The third-order valence-corrected chi connectivity index (χ3v) is 5.55. The number of nitrogens with zero attached hydrogens (tertiary/aromatic N) is 2. The lowest BCUT2D eigenvalue weighted by atomic mass is 9.71. The molecule has 2 aromatic carbocycles. The summed E-state index contributed by atoms with van der Waals surface area (Å²) < 4.78 is 28.8. The van der Waals surface area contributed by atoms with Gasteiger partial charge in [-0.05, 0) is 60.7 Å². The fourth-order valence-electron chi connectivity index (χ4n) is 3.70. The minimum atomic E-state index is -2.91. The maximum atomic E-state index is 12.8. The van der Waals surface area contributed by atoms with Gasteiger partial charge in [-0.3, -0.25) is 4.79 Å². The van der Waals surface area contributed by atoms with Gasteiger partial charge in [0.1, 0.15) is 0 Å². The highest BCUT2D eigenvalue weighted by molar-refractivity contribution is 5.95. The zero-order chi connectivity index (χ0) is 21.8. The summed E-state index contributed by atoms with van der Waals surface area (Å²) in [4.78, 5) is 16.7. The van der Waals surface area contributed by atoms with Crippen LogP contribution in [0, 0.1) is 11.3 Å². The van der Waals surface area contributed by atoms with Crippen LogP contribution >= 0.6 is 0 Å². The molecule has 0 radical (unpaired) electrons. The number of nitrogens with one attached hydrogen (secondary N) is 1. The minimum absolute atomic E-state index is 0.130. The maximum Gasteiger partial charge on any atom is 0.388 e. The number of alkyl halides is 2. The molecule has 0 bridgehead atoms. The Morgan fingerprint density at radius 2 is 1.71 bits per heavy atom. The largest absolute Gasteiger partial charge is 0.417 e. The molecule has 0 spiro atoms. The zero-order valence-electron chi connectivity index (χ0n) is 16.5. The third-order valence-electron chi connectivity index (χ3n) is 5.55. The van der Waals surface area contributed by atoms with Gasteiger partial charge in [0.05, 0.1) is 17.2 Å². The highest BCUT2D eigenvalue weighted by Crippen LogP contribution is 2.42. The Morgan fingerprint density at radius 3 is 2.23 bits per heavy atom. The Bertz CT molecular complexity index is 1100. The van der Waals surface area contributed by atoms with Crippen LogP contribution in [0.4, 0.5) is 8.78 Å². The number of carbonyl (C=O) groups is 1. The molecule has 156 valence electrons. The van der Waals surface area contributed by atoms with Gasteiger partial charge in [0.15, 0.2) is 0 Å². The number of carbonyl (C=O) groups excluding carboxylic acids is 1. The van der Waals surface area contributed by atoms with E-state index >= 15 is 0 Å². The van der Waals surface area contributed by atoms with Crippen LogP contribution < -0.4 is 10.1 Å². The SMILES string of the molecule is N#Cc1ccc(C(=O)NC2(c3ccc(-c4ccc(OC(F)F)nc4)cc3)CCC2)cc1. The molecular weight excluding hydrogens is 400 g/mol. The predicted molar refractivity (Wildman–Crippen MR) is 110 cm³/mol. The van der Waals surface area contributed by atoms with E-state index in [4.69, 9.17) is 5.26 Å². The number of amides is 1. The number of hydrogen-bond donors (Lipinski definition) is 1. The molecule has 1 aromatic heterocycles. The van der Waals surface area contributed by atoms with Crippen LogP contribution in [-0.2, 0) is 5.54 Å². The Hall–Kier alpha value is -3.79. The highest BCUT2D eigenvalue weighted by Gasteiger charge is 2.40. The molecule has 1 aliphatic carbocycles. The topological polar surface area (TPSA) is 75.0 Å². The molecular formula is C24H19F2N3O2. The average molecular weight is 419 g/mol. The number of hydrogen-bond acceptors (Lipinski definition) is 4. The van der Waals surface area contributed by atoms with E-state index in [1.165, 1.54) is 12.3 Å². The molecule has 1 aliphatic rings. The van der Waals surface area contributed by atoms with E-state index in [0.717, 1.165) is 36.0 Å². The van der Waals surface area contributed by atoms with Crippen molar-refractivity contribution >= 4 is 5.91 Å². The van der Waals surface area contributed by atoms with Gasteiger partial charge in [-0.25, -0.2) is 4.98 Å². The van der Waals surface area contributed by atoms with Crippen molar-refractivity contribution < 1.29 is 18.3 Å². The Morgan fingerprint density at radius 1 is 1.03 bits per heavy atom. The number of halogens is 2. The van der Waals surface area contributed by atoms with Crippen LogP contribution in [0.2, 0.25) is 0 Å². The van der Waals surface area contributed by atoms with Crippen molar-refractivity contribution in [2.24, 2.45) is 0 Å². The molecule has 0 unspecified atom stereocenters. The Labute approximate surface area is 178 Å². The lowest BCUT2D eigenvalue weighted by Crippen LogP contribution is -2.50. The van der Waals surface area contributed by atoms with Gasteiger partial charge >= 0.3 is 6.61 Å². The van der Waals surface area contributed by atoms with Crippen molar-refractivity contribution in [2.75, 3.05) is 0 Å². The smallest absolute Gasteiger partial charge is 0.388 e. The summed E-state index contributed by atoms with van der Waals surface area (Å²) in [6, 6.07) is 19.5. The van der Waals surface area contributed by atoms with E-state index in [0.29, 0.717) is 11.1 Å². The van der Waals surface area contributed by atoms with Crippen molar-refractivity contribution in [3.05, 3.63) is 83.6 Å². The molecule has 1 saturated carbocycles. The van der Waals surface area contributed by atoms with E-state index in [-0.39, 0.29) is 11.8 Å². The molecule has 7 heteroatoms. The lowest BCUT2D eigenvalue weighted by Gasteiger charge is -2.43. The average Bonchev–Trinajstić information content (AvgIpc) is 2.76. The molecule has 0 aliphatic heterocycles. The van der Waals surface area contributed by atoms with E-state index in [1.807, 2.05) is 30.3 Å². The first-order chi connectivity index (χ1) is 15.0. The van der Waals surface area contributed by atoms with E-state index < -0.39 is 12.2 Å². The van der Waals surface area contributed by atoms with Crippen LogP contribution in [0.3, 0.4) is 0 Å². The summed E-state index contributed by atoms with van der Waals surface area (Å²) in [5.74, 6) is -0.304. The van der Waals surface area contributed by atoms with Crippen LogP contribution in [-0.4, -0.2) is 17.5 Å². The predicted octanol–water partition coefficient (Wildman–Crippen LogP) is 5.03. The highest BCUT2D eigenvalue weighted by atomic mass is 19.3. The van der Waals surface area contributed by atoms with Gasteiger partial charge in [-0.1, -0.05) is 24.3 Å². The second-order valence-electron chi connectivity index (χ2n) is 7.42. The lowest BCUT2D eigenvalue weighted by molar-refractivity contribution is -0.0528. The fourth-order valence-corrected chi connectivity index (χ4v) is 3.70. The standard InChI is InChI=1S/C24H19F2N3O2/c25-23(26)31-21-11-8-19(15-28-21)17-6-9-20(10-7-17)24(12-1-13-24)29-22(30)18-4-2-16(14-27)3-5-18/h2-11,15,23H,1,12-13H2,(H,29,30). The van der Waals surface area contributed by atoms with Crippen LogP contribution in [0.5, 0.6) is 5.88 Å². The summed E-state index contributed by atoms with van der Waals surface area (Å²) >= 11 is 0. The first-order valence-corrected chi connectivity index (χ1v) is 9.83. The first kappa shape index (κ1) is 20.5. The van der Waals surface area contributed by atoms with Gasteiger partial charge in [-0.15, -0.1) is 0 Å². The van der Waals surface area contributed by atoms with E-state index in [9.17, 15) is 13.6 Å². The monoisotopic (exact) mass is 419 g/mol. The molecule has 4 rings (SSSR count). The number of benzene rings is 2. The van der Waals surface area contributed by atoms with E-state index in [1.54, 1.807) is 30.3 Å². The van der Waals surface area contributed by atoms with Crippen molar-refractivity contribution in [3.8, 4) is 23.1 Å². The fraction of sp³-hybridized carbons (Fsp3) is 0.208. The van der Waals surface area contributed by atoms with Gasteiger partial charge in [0.2, 0.25) is 5.88 Å². The minimum Gasteiger partial charge on any atom is -0.417 e. The molecule has 5 nitrogen and oxygen atoms in total. The third kappa shape index (κ3) is 4.38. The zero-order valence-corrected chi connectivity index (χ0v) is 16.5. The molecule has 3 aromatic rings. The van der Waals surface area contributed by atoms with Crippen molar-refractivity contribution in [2.45, 2.75) is 31.4 Å². The molecule has 1 fully saturated rings. The second-order valence-corrected chi connectivity index (χ2v) is 7.42. The molecule has 1 N–H and O–H groups in total. The number of nitriles is 1. The quantitative estimate of drug-likeness (QED) is 0.608. The number of aromatic nitrogens is 1. The summed E-state index contributed by atoms with van der Waals surface area (Å²) in [5, 5.41) is 12.1. The molecule has 1 heterocycles. The van der Waals surface area contributed by atoms with Gasteiger partial charge < -0.3 is 10.1 Å². The first-order valence-electron chi connectivity index (χ1n) is 9.83.